The van der Waals surface area contributed by atoms with Crippen molar-refractivity contribution in [3.05, 3.63) is 75.7 Å². The zero-order valence-corrected chi connectivity index (χ0v) is 17.8. The third-order valence-electron chi connectivity index (χ3n) is 4.28. The van der Waals surface area contributed by atoms with Crippen molar-refractivity contribution in [2.45, 2.75) is 12.5 Å². The van der Waals surface area contributed by atoms with E-state index in [4.69, 9.17) is 23.8 Å². The molecule has 150 valence electrons. The van der Waals surface area contributed by atoms with Gasteiger partial charge in [-0.3, -0.25) is 14.5 Å². The van der Waals surface area contributed by atoms with E-state index in [1.54, 1.807) is 18.2 Å². The number of hydrogen-bond donors (Lipinski definition) is 2. The molecule has 0 spiro atoms. The van der Waals surface area contributed by atoms with Gasteiger partial charge in [-0.05, 0) is 29.7 Å². The lowest BCUT2D eigenvalue weighted by Gasteiger charge is -2.19. The van der Waals surface area contributed by atoms with E-state index >= 15 is 0 Å². The van der Waals surface area contributed by atoms with E-state index in [0.29, 0.717) is 26.2 Å². The highest BCUT2D eigenvalue weighted by atomic mass is 35.5. The number of thiocarbonyl (C=S) groups is 1. The van der Waals surface area contributed by atoms with Crippen LogP contribution >= 0.6 is 35.6 Å². The molecule has 1 heterocycles. The average molecular weight is 447 g/mol. The number of benzene rings is 2. The van der Waals surface area contributed by atoms with E-state index in [1.165, 1.54) is 4.90 Å². The Labute approximate surface area is 183 Å². The highest BCUT2D eigenvalue weighted by Gasteiger charge is 2.33. The molecule has 1 aliphatic rings. The van der Waals surface area contributed by atoms with E-state index in [2.05, 4.69) is 5.32 Å². The minimum atomic E-state index is -0.443. The minimum Gasteiger partial charge on any atom is -0.394 e. The average Bonchev–Trinajstić information content (AvgIpc) is 2.97. The second-order valence-electron chi connectivity index (χ2n) is 6.43. The van der Waals surface area contributed by atoms with Crippen LogP contribution in [0.3, 0.4) is 0 Å². The highest BCUT2D eigenvalue weighted by molar-refractivity contribution is 8.26. The number of nitrogens with one attached hydrogen (secondary N) is 1. The fourth-order valence-electron chi connectivity index (χ4n) is 2.85. The Bertz CT molecular complexity index is 950. The van der Waals surface area contributed by atoms with Crippen LogP contribution in [0, 0.1) is 0 Å². The predicted molar refractivity (Wildman–Crippen MR) is 120 cm³/mol. The van der Waals surface area contributed by atoms with Crippen LogP contribution in [0.2, 0.25) is 5.02 Å². The molecular weight excluding hydrogens is 428 g/mol. The Morgan fingerprint density at radius 2 is 1.90 bits per heavy atom. The summed E-state index contributed by atoms with van der Waals surface area (Å²) in [6.45, 7) is -0.402. The van der Waals surface area contributed by atoms with Crippen LogP contribution in [0.4, 0.5) is 0 Å². The molecule has 1 fully saturated rings. The van der Waals surface area contributed by atoms with Crippen LogP contribution in [0.1, 0.15) is 11.1 Å². The van der Waals surface area contributed by atoms with Crippen LogP contribution in [0.25, 0.3) is 6.08 Å². The molecule has 1 aliphatic heterocycles. The van der Waals surface area contributed by atoms with Gasteiger partial charge in [-0.1, -0.05) is 84.1 Å². The summed E-state index contributed by atoms with van der Waals surface area (Å²) in [7, 11) is 0. The molecule has 1 saturated heterocycles. The second kappa shape index (κ2) is 10.0. The van der Waals surface area contributed by atoms with Gasteiger partial charge in [0.05, 0.1) is 17.6 Å². The zero-order chi connectivity index (χ0) is 20.8. The summed E-state index contributed by atoms with van der Waals surface area (Å²) in [6, 6.07) is 16.3. The third-order valence-corrected chi connectivity index (χ3v) is 6.00. The number of carbonyl (C=O) groups is 2. The number of halogens is 1. The minimum absolute atomic E-state index is 0.199. The predicted octanol–water partition coefficient (Wildman–Crippen LogP) is 3.26. The summed E-state index contributed by atoms with van der Waals surface area (Å²) < 4.78 is 0.312. The molecule has 0 saturated carbocycles. The number of aliphatic hydroxyl groups excluding tert-OH is 1. The lowest BCUT2D eigenvalue weighted by Crippen LogP contribution is -2.45. The summed E-state index contributed by atoms with van der Waals surface area (Å²) in [4.78, 5) is 26.8. The molecule has 0 radical (unpaired) electrons. The van der Waals surface area contributed by atoms with Crippen LogP contribution in [-0.2, 0) is 16.0 Å². The Morgan fingerprint density at radius 3 is 2.59 bits per heavy atom. The van der Waals surface area contributed by atoms with Gasteiger partial charge < -0.3 is 10.4 Å². The quantitative estimate of drug-likeness (QED) is 0.504. The van der Waals surface area contributed by atoms with E-state index in [9.17, 15) is 14.7 Å². The summed E-state index contributed by atoms with van der Waals surface area (Å²) in [5.74, 6) is -0.714. The number of carbonyl (C=O) groups excluding carboxylic acids is 2. The van der Waals surface area contributed by atoms with Crippen molar-refractivity contribution < 1.29 is 14.7 Å². The van der Waals surface area contributed by atoms with Crippen LogP contribution in [0.15, 0.2) is 59.5 Å². The maximum Gasteiger partial charge on any atom is 0.266 e. The van der Waals surface area contributed by atoms with Gasteiger partial charge in [0.25, 0.3) is 5.91 Å². The van der Waals surface area contributed by atoms with Gasteiger partial charge in [-0.25, -0.2) is 0 Å². The maximum absolute atomic E-state index is 12.7. The summed E-state index contributed by atoms with van der Waals surface area (Å²) in [6.07, 6.45) is 2.17. The molecule has 8 heteroatoms. The lowest BCUT2D eigenvalue weighted by atomic mass is 10.1. The van der Waals surface area contributed by atoms with Crippen molar-refractivity contribution >= 4 is 57.8 Å². The number of aliphatic hydroxyl groups is 1. The fraction of sp³-hybridized carbons (Fsp3) is 0.190. The highest BCUT2D eigenvalue weighted by Crippen LogP contribution is 2.33. The lowest BCUT2D eigenvalue weighted by molar-refractivity contribution is -0.129. The Hall–Kier alpha value is -2.19. The molecule has 0 aromatic heterocycles. The van der Waals surface area contributed by atoms with Gasteiger partial charge >= 0.3 is 0 Å². The van der Waals surface area contributed by atoms with E-state index in [-0.39, 0.29) is 25.0 Å². The molecule has 2 N–H and O–H groups in total. The number of rotatable bonds is 7. The molecule has 0 unspecified atom stereocenters. The first-order valence-electron chi connectivity index (χ1n) is 8.92. The van der Waals surface area contributed by atoms with Gasteiger partial charge in [0.2, 0.25) is 5.91 Å². The number of thioether (sulfide) groups is 1. The first-order chi connectivity index (χ1) is 14.0. The monoisotopic (exact) mass is 446 g/mol. The molecular formula is C21H19ClN2O3S2. The molecule has 29 heavy (non-hydrogen) atoms. The molecule has 2 aromatic carbocycles. The SMILES string of the molecule is O=C(CN1C(=O)/C(=C/c2ccccc2Cl)SC1=S)N[C@@H](CO)Cc1ccccc1. The van der Waals surface area contributed by atoms with Gasteiger partial charge in [-0.2, -0.15) is 0 Å². The zero-order valence-electron chi connectivity index (χ0n) is 15.4. The fourth-order valence-corrected chi connectivity index (χ4v) is 4.28. The summed E-state index contributed by atoms with van der Waals surface area (Å²) in [5.41, 5.74) is 1.71. The van der Waals surface area contributed by atoms with Crippen molar-refractivity contribution in [3.8, 4) is 0 Å². The van der Waals surface area contributed by atoms with E-state index in [1.807, 2.05) is 42.5 Å². The Kier molecular flexibility index (Phi) is 7.44. The van der Waals surface area contributed by atoms with E-state index in [0.717, 1.165) is 17.3 Å². The van der Waals surface area contributed by atoms with Crippen molar-refractivity contribution in [2.75, 3.05) is 13.2 Å². The number of amides is 2. The van der Waals surface area contributed by atoms with Crippen molar-refractivity contribution in [3.63, 3.8) is 0 Å². The van der Waals surface area contributed by atoms with Gasteiger partial charge in [0, 0.05) is 5.02 Å². The topological polar surface area (TPSA) is 69.6 Å². The van der Waals surface area contributed by atoms with Crippen molar-refractivity contribution in [2.24, 2.45) is 0 Å². The normalized spacial score (nSPS) is 16.3. The van der Waals surface area contributed by atoms with E-state index < -0.39 is 6.04 Å². The Morgan fingerprint density at radius 1 is 1.21 bits per heavy atom. The summed E-state index contributed by atoms with van der Waals surface area (Å²) in [5, 5.41) is 12.9. The first kappa shape index (κ1) is 21.5. The smallest absolute Gasteiger partial charge is 0.266 e. The molecule has 5 nitrogen and oxygen atoms in total. The number of hydrogen-bond acceptors (Lipinski definition) is 5. The van der Waals surface area contributed by atoms with Crippen molar-refractivity contribution in [1.82, 2.24) is 10.2 Å². The van der Waals surface area contributed by atoms with Crippen LogP contribution in [0.5, 0.6) is 0 Å². The third kappa shape index (κ3) is 5.67. The van der Waals surface area contributed by atoms with Gasteiger partial charge in [0.15, 0.2) is 0 Å². The van der Waals surface area contributed by atoms with Gasteiger partial charge in [0.1, 0.15) is 10.9 Å². The molecule has 2 amide bonds. The molecule has 2 aromatic rings. The molecule has 1 atom stereocenters. The molecule has 3 rings (SSSR count). The largest absolute Gasteiger partial charge is 0.394 e. The van der Waals surface area contributed by atoms with Gasteiger partial charge in [-0.15, -0.1) is 0 Å². The van der Waals surface area contributed by atoms with Crippen molar-refractivity contribution in [1.29, 1.82) is 0 Å². The number of nitrogens with zero attached hydrogens (tertiary/aromatic N) is 1. The van der Waals surface area contributed by atoms with Crippen LogP contribution in [-0.4, -0.2) is 45.3 Å². The second-order valence-corrected chi connectivity index (χ2v) is 8.51. The Balaban J connectivity index is 1.63. The molecule has 0 aliphatic carbocycles. The maximum atomic E-state index is 12.7. The summed E-state index contributed by atoms with van der Waals surface area (Å²) >= 11 is 12.6. The molecule has 0 bridgehead atoms. The standard InChI is InChI=1S/C21H19ClN2O3S2/c22-17-9-5-4-8-15(17)11-18-20(27)24(21(28)29-18)12-19(26)23-16(13-25)10-14-6-2-1-3-7-14/h1-9,11,16,25H,10,12-13H2,(H,23,26)/b18-11-/t16-/m1/s1. The van der Waals surface area contributed by atoms with Crippen LogP contribution < -0.4 is 5.32 Å². The first-order valence-corrected chi connectivity index (χ1v) is 10.5.